The molecule has 0 amide bonds. The van der Waals surface area contributed by atoms with Crippen molar-refractivity contribution in [1.29, 1.82) is 0 Å². The molecule has 0 aromatic heterocycles. The van der Waals surface area contributed by atoms with Gasteiger partial charge in [0.15, 0.2) is 6.10 Å². The van der Waals surface area contributed by atoms with Crippen LogP contribution in [0.15, 0.2) is 0 Å². The molecule has 482 valence electrons. The lowest BCUT2D eigenvalue weighted by Crippen LogP contribution is -2.30. The third-order valence-corrected chi connectivity index (χ3v) is 17.6. The third kappa shape index (κ3) is 69.1. The highest BCUT2D eigenvalue weighted by Crippen LogP contribution is 2.20. The fourth-order valence-corrected chi connectivity index (χ4v) is 12.0. The molecule has 0 fully saturated rings. The Hall–Kier alpha value is -1.59. The number of carbonyl (C=O) groups is 3. The van der Waals surface area contributed by atoms with Gasteiger partial charge in [0, 0.05) is 19.3 Å². The van der Waals surface area contributed by atoms with E-state index in [1.54, 1.807) is 0 Å². The summed E-state index contributed by atoms with van der Waals surface area (Å²) >= 11 is 0. The largest absolute Gasteiger partial charge is 0.462 e. The first-order chi connectivity index (χ1) is 40.0. The van der Waals surface area contributed by atoms with Crippen LogP contribution in [0.1, 0.15) is 445 Å². The van der Waals surface area contributed by atoms with Gasteiger partial charge in [-0.15, -0.1) is 0 Å². The van der Waals surface area contributed by atoms with Crippen molar-refractivity contribution < 1.29 is 28.6 Å². The maximum absolute atomic E-state index is 12.9. The Morgan fingerprint density at radius 3 is 0.494 bits per heavy atom. The summed E-state index contributed by atoms with van der Waals surface area (Å²) in [5.74, 6) is -0.831. The number of unbranched alkanes of at least 4 members (excludes halogenated alkanes) is 60. The molecule has 6 nitrogen and oxygen atoms in total. The minimum Gasteiger partial charge on any atom is -0.462 e. The van der Waals surface area contributed by atoms with E-state index in [1.165, 1.54) is 347 Å². The number of ether oxygens (including phenoxy) is 3. The van der Waals surface area contributed by atoms with Gasteiger partial charge in [-0.3, -0.25) is 14.4 Å². The van der Waals surface area contributed by atoms with Crippen molar-refractivity contribution in [1.82, 2.24) is 0 Å². The molecule has 0 aliphatic heterocycles. The van der Waals surface area contributed by atoms with Crippen LogP contribution in [0.4, 0.5) is 0 Å². The Bertz CT molecular complexity index is 1220. The topological polar surface area (TPSA) is 78.9 Å². The van der Waals surface area contributed by atoms with Crippen LogP contribution in [0, 0.1) is 0 Å². The summed E-state index contributed by atoms with van der Waals surface area (Å²) in [4.78, 5) is 38.2. The van der Waals surface area contributed by atoms with Crippen molar-refractivity contribution in [2.24, 2.45) is 0 Å². The molecule has 0 saturated heterocycles. The zero-order valence-corrected chi connectivity index (χ0v) is 55.6. The van der Waals surface area contributed by atoms with Gasteiger partial charge in [0.1, 0.15) is 13.2 Å². The quantitative estimate of drug-likeness (QED) is 0.0343. The average Bonchev–Trinajstić information content (AvgIpc) is 3.46. The molecule has 0 radical (unpaired) electrons. The molecule has 0 aromatic rings. The monoisotopic (exact) mass is 1140 g/mol. The van der Waals surface area contributed by atoms with Crippen LogP contribution in [0.5, 0.6) is 0 Å². The van der Waals surface area contributed by atoms with E-state index in [0.29, 0.717) is 19.3 Å². The summed E-state index contributed by atoms with van der Waals surface area (Å²) in [6.45, 7) is 6.70. The molecule has 0 spiro atoms. The fraction of sp³-hybridized carbons (Fsp3) is 0.960. The van der Waals surface area contributed by atoms with Gasteiger partial charge >= 0.3 is 17.9 Å². The van der Waals surface area contributed by atoms with Crippen molar-refractivity contribution >= 4 is 17.9 Å². The summed E-state index contributed by atoms with van der Waals surface area (Å²) in [5, 5.41) is 0. The van der Waals surface area contributed by atoms with Gasteiger partial charge in [-0.05, 0) is 19.3 Å². The highest BCUT2D eigenvalue weighted by atomic mass is 16.6. The fourth-order valence-electron chi connectivity index (χ4n) is 12.0. The van der Waals surface area contributed by atoms with E-state index in [4.69, 9.17) is 14.2 Å². The van der Waals surface area contributed by atoms with Gasteiger partial charge in [-0.1, -0.05) is 406 Å². The van der Waals surface area contributed by atoms with Gasteiger partial charge < -0.3 is 14.2 Å². The van der Waals surface area contributed by atoms with E-state index in [-0.39, 0.29) is 31.1 Å². The Morgan fingerprint density at radius 2 is 0.333 bits per heavy atom. The molecule has 0 aliphatic rings. The molecule has 0 aliphatic carbocycles. The van der Waals surface area contributed by atoms with Crippen LogP contribution in [-0.4, -0.2) is 37.2 Å². The third-order valence-electron chi connectivity index (χ3n) is 17.6. The molecular formula is C75H146O6. The maximum atomic E-state index is 12.9. The Morgan fingerprint density at radius 1 is 0.198 bits per heavy atom. The molecule has 1 unspecified atom stereocenters. The Balaban J connectivity index is 3.94. The highest BCUT2D eigenvalue weighted by Gasteiger charge is 2.20. The van der Waals surface area contributed by atoms with E-state index >= 15 is 0 Å². The lowest BCUT2D eigenvalue weighted by Gasteiger charge is -2.18. The van der Waals surface area contributed by atoms with Crippen molar-refractivity contribution in [3.05, 3.63) is 0 Å². The van der Waals surface area contributed by atoms with E-state index in [2.05, 4.69) is 20.8 Å². The predicted octanol–water partition coefficient (Wildman–Crippen LogP) is 25.8. The van der Waals surface area contributed by atoms with Crippen LogP contribution in [0.2, 0.25) is 0 Å². The van der Waals surface area contributed by atoms with Crippen molar-refractivity contribution in [2.75, 3.05) is 13.2 Å². The smallest absolute Gasteiger partial charge is 0.306 e. The summed E-state index contributed by atoms with van der Waals surface area (Å²) in [7, 11) is 0. The number of hydrogen-bond acceptors (Lipinski definition) is 6. The average molecular weight is 1140 g/mol. The van der Waals surface area contributed by atoms with Crippen LogP contribution in [0.25, 0.3) is 0 Å². The van der Waals surface area contributed by atoms with Crippen LogP contribution >= 0.6 is 0 Å². The first-order valence-corrected chi connectivity index (χ1v) is 37.5. The Kier molecular flexibility index (Phi) is 69.5. The first kappa shape index (κ1) is 79.4. The van der Waals surface area contributed by atoms with E-state index in [1.807, 2.05) is 0 Å². The molecule has 81 heavy (non-hydrogen) atoms. The summed E-state index contributed by atoms with van der Waals surface area (Å²) in [6, 6.07) is 0. The van der Waals surface area contributed by atoms with Crippen molar-refractivity contribution in [3.8, 4) is 0 Å². The van der Waals surface area contributed by atoms with Crippen molar-refractivity contribution in [3.63, 3.8) is 0 Å². The van der Waals surface area contributed by atoms with Crippen LogP contribution in [-0.2, 0) is 28.6 Å². The number of esters is 3. The minimum absolute atomic E-state index is 0.0611. The summed E-state index contributed by atoms with van der Waals surface area (Å²) in [5.41, 5.74) is 0. The summed E-state index contributed by atoms with van der Waals surface area (Å²) in [6.07, 6.45) is 84.8. The lowest BCUT2D eigenvalue weighted by atomic mass is 10.0. The molecule has 0 aromatic carbocycles. The number of hydrogen-bond donors (Lipinski definition) is 0. The molecule has 1 atom stereocenters. The molecule has 0 rings (SSSR count). The van der Waals surface area contributed by atoms with Gasteiger partial charge in [0.05, 0.1) is 0 Å². The van der Waals surface area contributed by atoms with Crippen LogP contribution in [0.3, 0.4) is 0 Å². The summed E-state index contributed by atoms with van der Waals surface area (Å²) < 4.78 is 16.9. The van der Waals surface area contributed by atoms with Crippen LogP contribution < -0.4 is 0 Å². The molecular weight excluding hydrogens is 997 g/mol. The Labute approximate surface area is 508 Å². The molecule has 0 heterocycles. The predicted molar refractivity (Wildman–Crippen MR) is 354 cm³/mol. The normalized spacial score (nSPS) is 11.9. The zero-order chi connectivity index (χ0) is 58.5. The second kappa shape index (κ2) is 70.9. The number of rotatable bonds is 71. The molecule has 6 heteroatoms. The lowest BCUT2D eigenvalue weighted by molar-refractivity contribution is -0.167. The van der Waals surface area contributed by atoms with Gasteiger partial charge in [0.2, 0.25) is 0 Å². The minimum atomic E-state index is -0.762. The van der Waals surface area contributed by atoms with Crippen molar-refractivity contribution in [2.45, 2.75) is 451 Å². The second-order valence-corrected chi connectivity index (χ2v) is 25.9. The maximum Gasteiger partial charge on any atom is 0.306 e. The zero-order valence-electron chi connectivity index (χ0n) is 55.6. The van der Waals surface area contributed by atoms with Gasteiger partial charge in [-0.25, -0.2) is 0 Å². The second-order valence-electron chi connectivity index (χ2n) is 25.9. The molecule has 0 N–H and O–H groups in total. The SMILES string of the molecule is CCCCCCCCCCCCCCCCCCCCCCCCCCCCCCCCCC(=O)OCC(COC(=O)CCCCCCCCC)OC(=O)CCCCCCCCCCCCCCCCCCCCCCCCCCC. The van der Waals surface area contributed by atoms with E-state index in [0.717, 1.165) is 57.8 Å². The van der Waals surface area contributed by atoms with Gasteiger partial charge in [0.25, 0.3) is 0 Å². The van der Waals surface area contributed by atoms with E-state index < -0.39 is 6.10 Å². The van der Waals surface area contributed by atoms with Gasteiger partial charge in [-0.2, -0.15) is 0 Å². The molecule has 0 bridgehead atoms. The standard InChI is InChI=1S/C75H146O6/c1-4-7-10-13-16-18-20-22-24-26-28-30-32-34-35-36-37-38-39-41-42-44-46-48-50-52-54-56-59-62-65-68-74(77)80-71-72(70-79-73(76)67-64-61-58-15-12-9-6-3)81-75(78)69-66-63-60-57-55-53-51-49-47-45-43-40-33-31-29-27-25-23-21-19-17-14-11-8-5-2/h72H,4-71H2,1-3H3. The molecule has 0 saturated carbocycles. The number of carbonyl (C=O) groups excluding carboxylic acids is 3. The van der Waals surface area contributed by atoms with E-state index in [9.17, 15) is 14.4 Å². The first-order valence-electron chi connectivity index (χ1n) is 37.5. The highest BCUT2D eigenvalue weighted by molar-refractivity contribution is 5.71.